The van der Waals surface area contributed by atoms with Gasteiger partial charge in [-0.25, -0.2) is 13.6 Å². The highest BCUT2D eigenvalue weighted by Gasteiger charge is 2.43. The first-order valence-electron chi connectivity index (χ1n) is 8.23. The molecule has 0 saturated carbocycles. The third-order valence-corrected chi connectivity index (χ3v) is 4.20. The largest absolute Gasteiger partial charge is 0.478 e. The molecule has 0 fully saturated rings. The number of anilines is 1. The average Bonchev–Trinajstić information content (AvgIpc) is 2.66. The fourth-order valence-electron chi connectivity index (χ4n) is 2.63. The van der Waals surface area contributed by atoms with E-state index >= 15 is 0 Å². The summed E-state index contributed by atoms with van der Waals surface area (Å²) in [4.78, 5) is 35.4. The first-order chi connectivity index (χ1) is 13.1. The van der Waals surface area contributed by atoms with Crippen LogP contribution in [-0.2, 0) is 14.3 Å². The SMILES string of the molecule is O=C(O)c1ccc(NC(=O)[C@H]2CC=CC[C@H]2C(=O)OCC(F)(F)C(F)F)cc1. The van der Waals surface area contributed by atoms with Crippen LogP contribution in [0.3, 0.4) is 0 Å². The number of hydrogen-bond acceptors (Lipinski definition) is 4. The van der Waals surface area contributed by atoms with Crippen molar-refractivity contribution < 1.29 is 41.8 Å². The van der Waals surface area contributed by atoms with Crippen LogP contribution in [-0.4, -0.2) is 41.9 Å². The van der Waals surface area contributed by atoms with Gasteiger partial charge in [-0.15, -0.1) is 0 Å². The van der Waals surface area contributed by atoms with Gasteiger partial charge in [0.2, 0.25) is 5.91 Å². The van der Waals surface area contributed by atoms with Crippen molar-refractivity contribution in [3.05, 3.63) is 42.0 Å². The first-order valence-corrected chi connectivity index (χ1v) is 8.23. The van der Waals surface area contributed by atoms with Crippen molar-refractivity contribution in [2.45, 2.75) is 25.2 Å². The van der Waals surface area contributed by atoms with Crippen molar-refractivity contribution in [3.63, 3.8) is 0 Å². The summed E-state index contributed by atoms with van der Waals surface area (Å²) in [5.41, 5.74) is 0.293. The zero-order valence-electron chi connectivity index (χ0n) is 14.4. The Morgan fingerprint density at radius 3 is 2.21 bits per heavy atom. The number of alkyl halides is 4. The Kier molecular flexibility index (Phi) is 6.76. The van der Waals surface area contributed by atoms with Gasteiger partial charge in [0.05, 0.1) is 17.4 Å². The van der Waals surface area contributed by atoms with Crippen molar-refractivity contribution in [2.24, 2.45) is 11.8 Å². The molecule has 0 heterocycles. The molecule has 0 bridgehead atoms. The Balaban J connectivity index is 2.03. The second kappa shape index (κ2) is 8.85. The maximum Gasteiger partial charge on any atom is 0.340 e. The van der Waals surface area contributed by atoms with Crippen LogP contribution in [0.2, 0.25) is 0 Å². The zero-order chi connectivity index (χ0) is 20.9. The summed E-state index contributed by atoms with van der Waals surface area (Å²) in [5.74, 6) is -9.42. The van der Waals surface area contributed by atoms with Crippen molar-refractivity contribution >= 4 is 23.5 Å². The fraction of sp³-hybridized carbons (Fsp3) is 0.389. The Bertz CT molecular complexity index is 764. The molecule has 28 heavy (non-hydrogen) atoms. The summed E-state index contributed by atoms with van der Waals surface area (Å²) in [6.45, 7) is -1.77. The van der Waals surface area contributed by atoms with E-state index in [1.165, 1.54) is 24.3 Å². The van der Waals surface area contributed by atoms with Crippen molar-refractivity contribution in [2.75, 3.05) is 11.9 Å². The van der Waals surface area contributed by atoms with Crippen LogP contribution >= 0.6 is 0 Å². The number of carbonyl (C=O) groups excluding carboxylic acids is 2. The number of aromatic carboxylic acids is 1. The highest BCUT2D eigenvalue weighted by Crippen LogP contribution is 2.30. The van der Waals surface area contributed by atoms with E-state index in [0.717, 1.165) is 0 Å². The summed E-state index contributed by atoms with van der Waals surface area (Å²) in [5, 5.41) is 11.4. The third-order valence-electron chi connectivity index (χ3n) is 4.20. The van der Waals surface area contributed by atoms with Crippen LogP contribution in [0.25, 0.3) is 0 Å². The molecule has 0 spiro atoms. The summed E-state index contributed by atoms with van der Waals surface area (Å²) in [6, 6.07) is 5.26. The maximum atomic E-state index is 12.9. The van der Waals surface area contributed by atoms with Crippen LogP contribution in [0, 0.1) is 11.8 Å². The summed E-state index contributed by atoms with van der Waals surface area (Å²) < 4.78 is 54.6. The van der Waals surface area contributed by atoms with E-state index in [4.69, 9.17) is 5.11 Å². The van der Waals surface area contributed by atoms with Gasteiger partial charge in [0, 0.05) is 5.69 Å². The van der Waals surface area contributed by atoms with Crippen LogP contribution in [0.5, 0.6) is 0 Å². The number of carbonyl (C=O) groups is 3. The molecule has 0 aromatic heterocycles. The number of esters is 1. The monoisotopic (exact) mass is 403 g/mol. The second-order valence-corrected chi connectivity index (χ2v) is 6.20. The number of halogens is 4. The number of carboxylic acids is 1. The van der Waals surface area contributed by atoms with Crippen molar-refractivity contribution in [3.8, 4) is 0 Å². The molecule has 1 aliphatic rings. The molecule has 1 aromatic carbocycles. The summed E-state index contributed by atoms with van der Waals surface area (Å²) >= 11 is 0. The Labute approximate surface area is 157 Å². The molecular formula is C18H17F4NO5. The first kappa shape index (κ1) is 21.4. The van der Waals surface area contributed by atoms with Crippen LogP contribution in [0.15, 0.2) is 36.4 Å². The molecular weight excluding hydrogens is 386 g/mol. The van der Waals surface area contributed by atoms with Crippen LogP contribution < -0.4 is 5.32 Å². The fourth-order valence-corrected chi connectivity index (χ4v) is 2.63. The molecule has 1 amide bonds. The van der Waals surface area contributed by atoms with E-state index in [-0.39, 0.29) is 24.1 Å². The van der Waals surface area contributed by atoms with Crippen molar-refractivity contribution in [1.29, 1.82) is 0 Å². The number of amides is 1. The molecule has 2 rings (SSSR count). The number of hydrogen-bond donors (Lipinski definition) is 2. The van der Waals surface area contributed by atoms with Gasteiger partial charge < -0.3 is 15.2 Å². The number of ether oxygens (including phenoxy) is 1. The number of allylic oxidation sites excluding steroid dienone is 2. The predicted molar refractivity (Wildman–Crippen MR) is 89.3 cm³/mol. The Hall–Kier alpha value is -2.91. The average molecular weight is 403 g/mol. The molecule has 1 aliphatic carbocycles. The molecule has 0 saturated heterocycles. The lowest BCUT2D eigenvalue weighted by atomic mass is 9.82. The van der Waals surface area contributed by atoms with E-state index in [0.29, 0.717) is 0 Å². The van der Waals surface area contributed by atoms with Gasteiger partial charge in [0.15, 0.2) is 6.61 Å². The molecule has 0 radical (unpaired) electrons. The van der Waals surface area contributed by atoms with Gasteiger partial charge in [-0.05, 0) is 37.1 Å². The van der Waals surface area contributed by atoms with E-state index in [1.807, 2.05) is 0 Å². The summed E-state index contributed by atoms with van der Waals surface area (Å²) in [6.07, 6.45) is -0.601. The molecule has 2 N–H and O–H groups in total. The van der Waals surface area contributed by atoms with Gasteiger partial charge in [-0.3, -0.25) is 9.59 Å². The Morgan fingerprint density at radius 2 is 1.68 bits per heavy atom. The highest BCUT2D eigenvalue weighted by atomic mass is 19.3. The molecule has 0 aliphatic heterocycles. The standard InChI is InChI=1S/C18H17F4NO5/c19-17(20)18(21,22)9-28-16(27)13-4-2-1-3-12(13)14(24)23-11-7-5-10(6-8-11)15(25)26/h1-2,5-8,12-13,17H,3-4,9H2,(H,23,24)(H,25,26)/t12-,13+/m0/s1. The minimum absolute atomic E-state index is 0.0139. The minimum atomic E-state index is -4.47. The smallest absolute Gasteiger partial charge is 0.340 e. The lowest BCUT2D eigenvalue weighted by Crippen LogP contribution is -2.39. The molecule has 6 nitrogen and oxygen atoms in total. The van der Waals surface area contributed by atoms with Gasteiger partial charge >= 0.3 is 24.3 Å². The van der Waals surface area contributed by atoms with Crippen LogP contribution in [0.4, 0.5) is 23.2 Å². The lowest BCUT2D eigenvalue weighted by Gasteiger charge is -2.26. The van der Waals surface area contributed by atoms with Gasteiger partial charge in [0.25, 0.3) is 0 Å². The topological polar surface area (TPSA) is 92.7 Å². The molecule has 10 heteroatoms. The quantitative estimate of drug-likeness (QED) is 0.414. The van der Waals surface area contributed by atoms with Gasteiger partial charge in [-0.1, -0.05) is 12.2 Å². The number of rotatable bonds is 7. The van der Waals surface area contributed by atoms with Crippen LogP contribution in [0.1, 0.15) is 23.2 Å². The lowest BCUT2D eigenvalue weighted by molar-refractivity contribution is -0.184. The number of benzene rings is 1. The maximum absolute atomic E-state index is 12.9. The van der Waals surface area contributed by atoms with Crippen molar-refractivity contribution in [1.82, 2.24) is 0 Å². The summed E-state index contributed by atoms with van der Waals surface area (Å²) in [7, 11) is 0. The normalized spacial score (nSPS) is 19.3. The number of carboxylic acid groups (broad SMARTS) is 1. The molecule has 152 valence electrons. The Morgan fingerprint density at radius 1 is 1.11 bits per heavy atom. The predicted octanol–water partition coefficient (Wildman–Crippen LogP) is 3.35. The van der Waals surface area contributed by atoms with E-state index in [1.54, 1.807) is 12.2 Å². The second-order valence-electron chi connectivity index (χ2n) is 6.20. The molecule has 0 unspecified atom stereocenters. The van der Waals surface area contributed by atoms with E-state index in [9.17, 15) is 31.9 Å². The van der Waals surface area contributed by atoms with E-state index in [2.05, 4.69) is 10.1 Å². The molecule has 1 aromatic rings. The third kappa shape index (κ3) is 5.30. The minimum Gasteiger partial charge on any atom is -0.478 e. The van der Waals surface area contributed by atoms with Gasteiger partial charge in [-0.2, -0.15) is 8.78 Å². The number of nitrogens with one attached hydrogen (secondary N) is 1. The zero-order valence-corrected chi connectivity index (χ0v) is 14.4. The van der Waals surface area contributed by atoms with E-state index < -0.39 is 48.6 Å². The highest BCUT2D eigenvalue weighted by molar-refractivity contribution is 5.96. The van der Waals surface area contributed by atoms with Gasteiger partial charge in [0.1, 0.15) is 0 Å². The molecule has 2 atom stereocenters.